The van der Waals surface area contributed by atoms with Gasteiger partial charge in [0.2, 0.25) is 5.91 Å². The van der Waals surface area contributed by atoms with Crippen LogP contribution in [0.25, 0.3) is 0 Å². The maximum absolute atomic E-state index is 13.5. The Morgan fingerprint density at radius 3 is 2.95 bits per heavy atom. The number of methoxy groups -OCH3 is 1. The van der Waals surface area contributed by atoms with Crippen molar-refractivity contribution in [2.45, 2.75) is 31.7 Å². The predicted molar refractivity (Wildman–Crippen MR) is 82.6 cm³/mol. The third-order valence-corrected chi connectivity index (χ3v) is 3.52. The summed E-state index contributed by atoms with van der Waals surface area (Å²) in [7, 11) is 1.43. The average molecular weight is 317 g/mol. The van der Waals surface area contributed by atoms with E-state index in [0.29, 0.717) is 12.8 Å². The Morgan fingerprint density at radius 2 is 2.33 bits per heavy atom. The van der Waals surface area contributed by atoms with Gasteiger partial charge < -0.3 is 15.4 Å². The molecule has 1 amide bonds. The number of piperidine rings is 1. The molecule has 1 aromatic rings. The molecule has 0 unspecified atom stereocenters. The van der Waals surface area contributed by atoms with Crippen molar-refractivity contribution in [2.24, 2.45) is 0 Å². The molecule has 0 aromatic heterocycles. The van der Waals surface area contributed by atoms with Crippen molar-refractivity contribution >= 4 is 18.3 Å². The number of nitrogens with one attached hydrogen (secondary N) is 2. The zero-order valence-corrected chi connectivity index (χ0v) is 13.0. The van der Waals surface area contributed by atoms with Crippen molar-refractivity contribution in [3.8, 4) is 5.75 Å². The lowest BCUT2D eigenvalue weighted by Gasteiger charge is -2.23. The number of hydrogen-bond acceptors (Lipinski definition) is 3. The van der Waals surface area contributed by atoms with Gasteiger partial charge in [0.05, 0.1) is 7.11 Å². The average Bonchev–Trinajstić information content (AvgIpc) is 2.46. The molecular weight excluding hydrogens is 295 g/mol. The maximum Gasteiger partial charge on any atom is 0.220 e. The van der Waals surface area contributed by atoms with Crippen molar-refractivity contribution in [1.29, 1.82) is 0 Å². The van der Waals surface area contributed by atoms with Gasteiger partial charge in [0, 0.05) is 19.0 Å². The molecule has 1 aromatic carbocycles. The first-order chi connectivity index (χ1) is 9.69. The van der Waals surface area contributed by atoms with Crippen molar-refractivity contribution in [2.75, 3.05) is 20.2 Å². The number of carbonyl (C=O) groups excluding carboxylic acids is 1. The monoisotopic (exact) mass is 316 g/mol. The van der Waals surface area contributed by atoms with E-state index in [0.717, 1.165) is 31.5 Å². The minimum Gasteiger partial charge on any atom is -0.494 e. The van der Waals surface area contributed by atoms with Crippen LogP contribution in [0.1, 0.15) is 24.8 Å². The van der Waals surface area contributed by atoms with Gasteiger partial charge >= 0.3 is 0 Å². The normalized spacial score (nSPS) is 17.7. The smallest absolute Gasteiger partial charge is 0.220 e. The number of ether oxygens (including phenoxy) is 1. The fraction of sp³-hybridized carbons (Fsp3) is 0.533. The first kappa shape index (κ1) is 17.7. The van der Waals surface area contributed by atoms with E-state index in [2.05, 4.69) is 10.6 Å². The SMILES string of the molecule is COc1ccc(CCC(=O)N[C@H]2CCCNC2)cc1F.Cl. The molecule has 0 radical (unpaired) electrons. The lowest BCUT2D eigenvalue weighted by Crippen LogP contribution is -2.45. The molecule has 4 nitrogen and oxygen atoms in total. The van der Waals surface area contributed by atoms with E-state index in [1.54, 1.807) is 12.1 Å². The highest BCUT2D eigenvalue weighted by atomic mass is 35.5. The van der Waals surface area contributed by atoms with Crippen LogP contribution >= 0.6 is 12.4 Å². The molecule has 21 heavy (non-hydrogen) atoms. The number of rotatable bonds is 5. The summed E-state index contributed by atoms with van der Waals surface area (Å²) in [5.41, 5.74) is 0.806. The van der Waals surface area contributed by atoms with Crippen molar-refractivity contribution in [3.05, 3.63) is 29.6 Å². The molecule has 1 saturated heterocycles. The molecule has 1 atom stereocenters. The van der Waals surface area contributed by atoms with Crippen molar-refractivity contribution < 1.29 is 13.9 Å². The molecule has 1 heterocycles. The Morgan fingerprint density at radius 1 is 1.52 bits per heavy atom. The molecule has 0 spiro atoms. The second kappa shape index (κ2) is 8.85. The number of halogens is 2. The second-order valence-electron chi connectivity index (χ2n) is 5.08. The maximum atomic E-state index is 13.5. The third kappa shape index (κ3) is 5.52. The summed E-state index contributed by atoms with van der Waals surface area (Å²) in [6, 6.07) is 5.03. The molecule has 0 saturated carbocycles. The van der Waals surface area contributed by atoms with Crippen LogP contribution in [0.3, 0.4) is 0 Å². The highest BCUT2D eigenvalue weighted by molar-refractivity contribution is 5.85. The molecular formula is C15H22ClFN2O2. The molecule has 2 rings (SSSR count). The summed E-state index contributed by atoms with van der Waals surface area (Å²) < 4.78 is 18.4. The summed E-state index contributed by atoms with van der Waals surface area (Å²) in [6.07, 6.45) is 3.03. The summed E-state index contributed by atoms with van der Waals surface area (Å²) in [6.45, 7) is 1.86. The fourth-order valence-electron chi connectivity index (χ4n) is 2.40. The second-order valence-corrected chi connectivity index (χ2v) is 5.08. The Bertz CT molecular complexity index is 465. The largest absolute Gasteiger partial charge is 0.494 e. The van der Waals surface area contributed by atoms with Gasteiger partial charge in [-0.05, 0) is 43.5 Å². The lowest BCUT2D eigenvalue weighted by atomic mass is 10.1. The topological polar surface area (TPSA) is 50.4 Å². The summed E-state index contributed by atoms with van der Waals surface area (Å²) >= 11 is 0. The number of carbonyl (C=O) groups is 1. The van der Waals surface area contributed by atoms with Crippen LogP contribution in [0.4, 0.5) is 4.39 Å². The molecule has 1 aliphatic rings. The quantitative estimate of drug-likeness (QED) is 0.874. The van der Waals surface area contributed by atoms with Crippen LogP contribution in [0.15, 0.2) is 18.2 Å². The zero-order valence-electron chi connectivity index (χ0n) is 12.2. The summed E-state index contributed by atoms with van der Waals surface area (Å²) in [5, 5.41) is 6.26. The molecule has 0 bridgehead atoms. The minimum atomic E-state index is -0.387. The highest BCUT2D eigenvalue weighted by Gasteiger charge is 2.15. The Hall–Kier alpha value is -1.33. The van der Waals surface area contributed by atoms with E-state index >= 15 is 0 Å². The van der Waals surface area contributed by atoms with E-state index in [4.69, 9.17) is 4.74 Å². The number of benzene rings is 1. The van der Waals surface area contributed by atoms with E-state index < -0.39 is 0 Å². The lowest BCUT2D eigenvalue weighted by molar-refractivity contribution is -0.121. The Labute approximate surface area is 130 Å². The molecule has 6 heteroatoms. The molecule has 1 fully saturated rings. The summed E-state index contributed by atoms with van der Waals surface area (Å²) in [4.78, 5) is 11.8. The van der Waals surface area contributed by atoms with Gasteiger partial charge in [0.1, 0.15) is 0 Å². The van der Waals surface area contributed by atoms with Gasteiger partial charge in [0.15, 0.2) is 11.6 Å². The van der Waals surface area contributed by atoms with Crippen molar-refractivity contribution in [1.82, 2.24) is 10.6 Å². The van der Waals surface area contributed by atoms with Gasteiger partial charge in [0.25, 0.3) is 0 Å². The van der Waals surface area contributed by atoms with Crippen LogP contribution in [-0.4, -0.2) is 32.1 Å². The van der Waals surface area contributed by atoms with E-state index in [9.17, 15) is 9.18 Å². The van der Waals surface area contributed by atoms with Gasteiger partial charge in [-0.1, -0.05) is 6.07 Å². The van der Waals surface area contributed by atoms with E-state index in [1.165, 1.54) is 13.2 Å². The Balaban J connectivity index is 0.00000220. The zero-order chi connectivity index (χ0) is 14.4. The van der Waals surface area contributed by atoms with Crippen LogP contribution < -0.4 is 15.4 Å². The first-order valence-corrected chi connectivity index (χ1v) is 7.01. The first-order valence-electron chi connectivity index (χ1n) is 7.01. The van der Waals surface area contributed by atoms with E-state index in [-0.39, 0.29) is 35.9 Å². The van der Waals surface area contributed by atoms with Crippen LogP contribution in [0, 0.1) is 5.82 Å². The molecule has 1 aliphatic heterocycles. The third-order valence-electron chi connectivity index (χ3n) is 3.52. The molecule has 0 aliphatic carbocycles. The van der Waals surface area contributed by atoms with Gasteiger partial charge in [-0.25, -0.2) is 4.39 Å². The van der Waals surface area contributed by atoms with Crippen LogP contribution in [0.5, 0.6) is 5.75 Å². The van der Waals surface area contributed by atoms with Gasteiger partial charge in [-0.2, -0.15) is 0 Å². The van der Waals surface area contributed by atoms with Gasteiger partial charge in [-0.3, -0.25) is 4.79 Å². The fourth-order valence-corrected chi connectivity index (χ4v) is 2.40. The van der Waals surface area contributed by atoms with Crippen molar-refractivity contribution in [3.63, 3.8) is 0 Å². The Kier molecular flexibility index (Phi) is 7.47. The number of amides is 1. The van der Waals surface area contributed by atoms with Crippen LogP contribution in [-0.2, 0) is 11.2 Å². The number of aryl methyl sites for hydroxylation is 1. The predicted octanol–water partition coefficient (Wildman–Crippen LogP) is 2.06. The summed E-state index contributed by atoms with van der Waals surface area (Å²) in [5.74, 6) is -0.136. The van der Waals surface area contributed by atoms with E-state index in [1.807, 2.05) is 0 Å². The highest BCUT2D eigenvalue weighted by Crippen LogP contribution is 2.18. The minimum absolute atomic E-state index is 0. The molecule has 2 N–H and O–H groups in total. The number of hydrogen-bond donors (Lipinski definition) is 2. The standard InChI is InChI=1S/C15H21FN2O2.ClH/c1-20-14-6-4-11(9-13(14)16)5-7-15(19)18-12-3-2-8-17-10-12;/h4,6,9,12,17H,2-3,5,7-8,10H2,1H3,(H,18,19);1H/t12-;/m0./s1. The molecule has 118 valence electrons. The van der Waals surface area contributed by atoms with Crippen LogP contribution in [0.2, 0.25) is 0 Å². The van der Waals surface area contributed by atoms with Gasteiger partial charge in [-0.15, -0.1) is 12.4 Å².